The number of carbonyl (C=O) groups excluding carboxylic acids is 1. The van der Waals surface area contributed by atoms with Crippen LogP contribution in [-0.2, 0) is 0 Å². The van der Waals surface area contributed by atoms with Crippen molar-refractivity contribution in [3.63, 3.8) is 0 Å². The van der Waals surface area contributed by atoms with Gasteiger partial charge in [0.2, 0.25) is 0 Å². The van der Waals surface area contributed by atoms with Crippen LogP contribution in [0.1, 0.15) is 15.9 Å². The lowest BCUT2D eigenvalue weighted by Gasteiger charge is -2.09. The number of nitrogens with two attached hydrogens (primary N) is 1. The van der Waals surface area contributed by atoms with Crippen molar-refractivity contribution in [1.82, 2.24) is 0 Å². The lowest BCUT2D eigenvalue weighted by molar-refractivity contribution is 0.102. The molecule has 0 atom stereocenters. The first-order valence-corrected chi connectivity index (χ1v) is 7.70. The molecule has 7 heteroatoms. The minimum atomic E-state index is -0.294. The molecule has 2 aromatic rings. The third-order valence-electron chi connectivity index (χ3n) is 2.68. The van der Waals surface area contributed by atoms with Crippen molar-refractivity contribution >= 4 is 67.9 Å². The number of benzene rings is 2. The quantitative estimate of drug-likeness (QED) is 0.733. The van der Waals surface area contributed by atoms with Gasteiger partial charge in [0, 0.05) is 15.6 Å². The van der Waals surface area contributed by atoms with E-state index < -0.39 is 0 Å². The molecule has 0 spiro atoms. The summed E-state index contributed by atoms with van der Waals surface area (Å²) < 4.78 is 0.645. The number of anilines is 1. The zero-order valence-electron chi connectivity index (χ0n) is 10.5. The Morgan fingerprint density at radius 1 is 1.10 bits per heavy atom. The molecule has 0 unspecified atom stereocenters. The normalized spacial score (nSPS) is 10.2. The Balaban J connectivity index is 2.23. The molecule has 0 heterocycles. The van der Waals surface area contributed by atoms with Crippen LogP contribution in [0.2, 0.25) is 10.0 Å². The molecule has 1 amide bonds. The van der Waals surface area contributed by atoms with E-state index >= 15 is 0 Å². The number of hydrogen-bond donors (Lipinski definition) is 2. The fourth-order valence-corrected chi connectivity index (χ4v) is 2.45. The number of thiocarbonyl (C=S) groups is 1. The lowest BCUT2D eigenvalue weighted by atomic mass is 10.2. The van der Waals surface area contributed by atoms with Gasteiger partial charge in [-0.1, -0.05) is 35.4 Å². The van der Waals surface area contributed by atoms with Gasteiger partial charge in [0.15, 0.2) is 0 Å². The molecule has 0 aliphatic rings. The van der Waals surface area contributed by atoms with Gasteiger partial charge < -0.3 is 11.1 Å². The highest BCUT2D eigenvalue weighted by Gasteiger charge is 2.11. The second-order valence-corrected chi connectivity index (χ2v) is 6.25. The van der Waals surface area contributed by atoms with Gasteiger partial charge in [-0.25, -0.2) is 0 Å². The van der Waals surface area contributed by atoms with E-state index in [1.165, 1.54) is 0 Å². The average molecular weight is 404 g/mol. The molecule has 0 aliphatic carbocycles. The molecule has 0 radical (unpaired) electrons. The summed E-state index contributed by atoms with van der Waals surface area (Å²) in [6.45, 7) is 0. The topological polar surface area (TPSA) is 55.1 Å². The van der Waals surface area contributed by atoms with Crippen LogP contribution in [0.25, 0.3) is 0 Å². The number of hydrogen-bond acceptors (Lipinski definition) is 2. The van der Waals surface area contributed by atoms with E-state index in [1.807, 2.05) is 0 Å². The van der Waals surface area contributed by atoms with Crippen LogP contribution in [0.5, 0.6) is 0 Å². The Morgan fingerprint density at radius 3 is 2.33 bits per heavy atom. The maximum absolute atomic E-state index is 12.2. The largest absolute Gasteiger partial charge is 0.389 e. The highest BCUT2D eigenvalue weighted by molar-refractivity contribution is 9.10. The van der Waals surface area contributed by atoms with E-state index in [4.69, 9.17) is 41.2 Å². The van der Waals surface area contributed by atoms with Gasteiger partial charge in [0.25, 0.3) is 5.91 Å². The molecule has 0 aliphatic heterocycles. The zero-order valence-corrected chi connectivity index (χ0v) is 14.4. The summed E-state index contributed by atoms with van der Waals surface area (Å²) in [4.78, 5) is 12.4. The molecule has 3 N–H and O–H groups in total. The van der Waals surface area contributed by atoms with E-state index in [9.17, 15) is 4.79 Å². The smallest absolute Gasteiger partial charge is 0.255 e. The fourth-order valence-electron chi connectivity index (χ4n) is 1.60. The third kappa shape index (κ3) is 3.95. The highest BCUT2D eigenvalue weighted by atomic mass is 79.9. The molecule has 0 aromatic heterocycles. The molecule has 0 saturated carbocycles. The molecule has 21 heavy (non-hydrogen) atoms. The monoisotopic (exact) mass is 402 g/mol. The molecule has 0 saturated heterocycles. The lowest BCUT2D eigenvalue weighted by Crippen LogP contribution is -2.13. The molecule has 0 bridgehead atoms. The molecular weight excluding hydrogens is 395 g/mol. The summed E-state index contributed by atoms with van der Waals surface area (Å²) in [7, 11) is 0. The highest BCUT2D eigenvalue weighted by Crippen LogP contribution is 2.26. The van der Waals surface area contributed by atoms with Crippen molar-refractivity contribution in [3.8, 4) is 0 Å². The number of amides is 1. The van der Waals surface area contributed by atoms with Gasteiger partial charge in [-0.3, -0.25) is 4.79 Å². The molecule has 0 fully saturated rings. The predicted molar refractivity (Wildman–Crippen MR) is 94.4 cm³/mol. The summed E-state index contributed by atoms with van der Waals surface area (Å²) in [6.07, 6.45) is 0. The van der Waals surface area contributed by atoms with Crippen LogP contribution in [0.4, 0.5) is 5.69 Å². The van der Waals surface area contributed by atoms with Crippen molar-refractivity contribution in [3.05, 3.63) is 62.0 Å². The average Bonchev–Trinajstić information content (AvgIpc) is 2.43. The number of halogens is 3. The summed E-state index contributed by atoms with van der Waals surface area (Å²) >= 11 is 20.1. The van der Waals surface area contributed by atoms with Gasteiger partial charge in [0.05, 0.1) is 15.7 Å². The van der Waals surface area contributed by atoms with Crippen molar-refractivity contribution in [2.24, 2.45) is 5.73 Å². The van der Waals surface area contributed by atoms with Crippen LogP contribution in [0, 0.1) is 0 Å². The minimum absolute atomic E-state index is 0.247. The van der Waals surface area contributed by atoms with Crippen molar-refractivity contribution in [2.45, 2.75) is 0 Å². The molecule has 3 nitrogen and oxygen atoms in total. The molecule has 108 valence electrons. The van der Waals surface area contributed by atoms with Gasteiger partial charge in [-0.15, -0.1) is 0 Å². The van der Waals surface area contributed by atoms with Crippen LogP contribution in [0.3, 0.4) is 0 Å². The second kappa shape index (κ2) is 6.75. The van der Waals surface area contributed by atoms with Crippen LogP contribution >= 0.6 is 51.3 Å². The van der Waals surface area contributed by atoms with Crippen LogP contribution in [0.15, 0.2) is 40.9 Å². The number of rotatable bonds is 3. The summed E-state index contributed by atoms with van der Waals surface area (Å²) in [6, 6.07) is 9.85. The number of carbonyl (C=O) groups is 1. The van der Waals surface area contributed by atoms with Crippen molar-refractivity contribution in [2.75, 3.05) is 5.32 Å². The van der Waals surface area contributed by atoms with Gasteiger partial charge in [-0.2, -0.15) is 0 Å². The first-order valence-electron chi connectivity index (χ1n) is 5.74. The van der Waals surface area contributed by atoms with E-state index in [0.717, 1.165) is 0 Å². The summed E-state index contributed by atoms with van der Waals surface area (Å²) in [5.41, 5.74) is 7.10. The Kier molecular flexibility index (Phi) is 5.22. The summed E-state index contributed by atoms with van der Waals surface area (Å²) in [5, 5.41) is 3.62. The molecule has 2 aromatic carbocycles. The molecular formula is C14H9BrCl2N2OS. The maximum Gasteiger partial charge on any atom is 0.255 e. The van der Waals surface area contributed by atoms with Crippen molar-refractivity contribution in [1.29, 1.82) is 0 Å². The first kappa shape index (κ1) is 16.2. The van der Waals surface area contributed by atoms with E-state index in [1.54, 1.807) is 36.4 Å². The standard InChI is InChI=1S/C14H9BrCl2N2OS/c15-9-5-8(1-3-10(9)16)14(20)19-12-4-2-7(13(18)21)6-11(12)17/h1-6H,(H2,18,21)(H,19,20). The van der Waals surface area contributed by atoms with Gasteiger partial charge >= 0.3 is 0 Å². The van der Waals surface area contributed by atoms with Crippen LogP contribution in [-0.4, -0.2) is 10.9 Å². The number of nitrogens with one attached hydrogen (secondary N) is 1. The van der Waals surface area contributed by atoms with Gasteiger partial charge in [0.1, 0.15) is 4.99 Å². The van der Waals surface area contributed by atoms with Crippen molar-refractivity contribution < 1.29 is 4.79 Å². The Bertz CT molecular complexity index is 737. The van der Waals surface area contributed by atoms with Gasteiger partial charge in [-0.05, 0) is 52.3 Å². The third-order valence-corrected chi connectivity index (χ3v) is 4.45. The Morgan fingerprint density at radius 2 is 1.76 bits per heavy atom. The van der Waals surface area contributed by atoms with Crippen LogP contribution < -0.4 is 11.1 Å². The minimum Gasteiger partial charge on any atom is -0.389 e. The summed E-state index contributed by atoms with van der Waals surface area (Å²) in [5.74, 6) is -0.294. The second-order valence-electron chi connectivity index (χ2n) is 4.14. The SMILES string of the molecule is NC(=S)c1ccc(NC(=O)c2ccc(Cl)c(Br)c2)c(Cl)c1. The van der Waals surface area contributed by atoms with E-state index in [-0.39, 0.29) is 10.9 Å². The zero-order chi connectivity index (χ0) is 15.6. The Hall–Kier alpha value is -1.14. The first-order chi connectivity index (χ1) is 9.88. The van der Waals surface area contributed by atoms with E-state index in [0.29, 0.717) is 31.3 Å². The maximum atomic E-state index is 12.2. The van der Waals surface area contributed by atoms with E-state index in [2.05, 4.69) is 21.2 Å². The molecule has 2 rings (SSSR count). The fraction of sp³-hybridized carbons (Fsp3) is 0. The Labute approximate surface area is 145 Å². The predicted octanol–water partition coefficient (Wildman–Crippen LogP) is 4.64.